The van der Waals surface area contributed by atoms with Gasteiger partial charge in [-0.25, -0.2) is 0 Å². The van der Waals surface area contributed by atoms with Crippen molar-refractivity contribution in [3.8, 4) is 0 Å². The molecule has 160 valence electrons. The van der Waals surface area contributed by atoms with E-state index in [4.69, 9.17) is 10.5 Å². The Bertz CT molecular complexity index is 513. The molecular formula is C23H41N3O2. The smallest absolute Gasteiger partial charge is 0.307 e. The van der Waals surface area contributed by atoms with Gasteiger partial charge < -0.3 is 15.4 Å². The standard InChI is InChI=1S/C23H41N3O2/c1-4-14-25(15-5-2)16-7-8-17-26(18-13-23(27)28-6-3)20-22-11-9-21(19-24)10-12-22/h9-12H,4-8,13-20,24H2,1-3H3. The minimum absolute atomic E-state index is 0.108. The Balaban J connectivity index is 2.52. The molecule has 28 heavy (non-hydrogen) atoms. The van der Waals surface area contributed by atoms with E-state index in [2.05, 4.69) is 47.9 Å². The Morgan fingerprint density at radius 2 is 1.43 bits per heavy atom. The van der Waals surface area contributed by atoms with Gasteiger partial charge in [-0.1, -0.05) is 38.1 Å². The largest absolute Gasteiger partial charge is 0.466 e. The number of nitrogens with two attached hydrogens (primary N) is 1. The van der Waals surface area contributed by atoms with Crippen molar-refractivity contribution in [2.75, 3.05) is 39.3 Å². The zero-order valence-corrected chi connectivity index (χ0v) is 18.3. The second-order valence-electron chi connectivity index (χ2n) is 7.40. The van der Waals surface area contributed by atoms with Gasteiger partial charge in [-0.15, -0.1) is 0 Å². The van der Waals surface area contributed by atoms with E-state index in [1.165, 1.54) is 44.5 Å². The Morgan fingerprint density at radius 1 is 0.857 bits per heavy atom. The van der Waals surface area contributed by atoms with E-state index in [1.54, 1.807) is 0 Å². The van der Waals surface area contributed by atoms with Gasteiger partial charge in [0.15, 0.2) is 0 Å². The van der Waals surface area contributed by atoms with Crippen LogP contribution in [-0.2, 0) is 22.6 Å². The van der Waals surface area contributed by atoms with Gasteiger partial charge in [-0.2, -0.15) is 0 Å². The Labute approximate surface area is 172 Å². The Kier molecular flexibility index (Phi) is 13.6. The summed E-state index contributed by atoms with van der Waals surface area (Å²) >= 11 is 0. The Hall–Kier alpha value is -1.43. The highest BCUT2D eigenvalue weighted by Crippen LogP contribution is 2.10. The minimum Gasteiger partial charge on any atom is -0.466 e. The first-order valence-corrected chi connectivity index (χ1v) is 11.0. The highest BCUT2D eigenvalue weighted by Gasteiger charge is 2.11. The summed E-state index contributed by atoms with van der Waals surface area (Å²) in [6, 6.07) is 8.46. The minimum atomic E-state index is -0.108. The zero-order chi connectivity index (χ0) is 20.6. The predicted molar refractivity (Wildman–Crippen MR) is 117 cm³/mol. The maximum absolute atomic E-state index is 11.8. The van der Waals surface area contributed by atoms with Crippen molar-refractivity contribution in [3.63, 3.8) is 0 Å². The van der Waals surface area contributed by atoms with E-state index in [1.807, 2.05) is 6.92 Å². The molecule has 0 heterocycles. The third-order valence-corrected chi connectivity index (χ3v) is 4.88. The molecule has 1 rings (SSSR count). The van der Waals surface area contributed by atoms with E-state index in [9.17, 15) is 4.79 Å². The number of unbranched alkanes of at least 4 members (excludes halogenated alkanes) is 1. The number of benzene rings is 1. The molecule has 1 aromatic carbocycles. The first-order chi connectivity index (χ1) is 13.6. The molecule has 0 aromatic heterocycles. The molecule has 0 fully saturated rings. The average molecular weight is 392 g/mol. The van der Waals surface area contributed by atoms with Crippen molar-refractivity contribution >= 4 is 5.97 Å². The predicted octanol–water partition coefficient (Wildman–Crippen LogP) is 3.80. The number of esters is 1. The molecular weight excluding hydrogens is 350 g/mol. The molecule has 0 saturated heterocycles. The second kappa shape index (κ2) is 15.5. The summed E-state index contributed by atoms with van der Waals surface area (Å²) in [5.74, 6) is -0.108. The molecule has 0 atom stereocenters. The number of hydrogen-bond donors (Lipinski definition) is 1. The topological polar surface area (TPSA) is 58.8 Å². The van der Waals surface area contributed by atoms with Crippen LogP contribution in [0.25, 0.3) is 0 Å². The molecule has 0 spiro atoms. The monoisotopic (exact) mass is 391 g/mol. The lowest BCUT2D eigenvalue weighted by Crippen LogP contribution is -2.30. The molecule has 0 unspecified atom stereocenters. The SMILES string of the molecule is CCCN(CCC)CCCCN(CCC(=O)OCC)Cc1ccc(CN)cc1. The summed E-state index contributed by atoms with van der Waals surface area (Å²) < 4.78 is 5.10. The van der Waals surface area contributed by atoms with Crippen LogP contribution >= 0.6 is 0 Å². The maximum atomic E-state index is 11.8. The van der Waals surface area contributed by atoms with Crippen LogP contribution in [0.5, 0.6) is 0 Å². The summed E-state index contributed by atoms with van der Waals surface area (Å²) in [6.45, 7) is 13.5. The number of carbonyl (C=O) groups is 1. The van der Waals surface area contributed by atoms with Crippen molar-refractivity contribution in [1.82, 2.24) is 9.80 Å². The molecule has 2 N–H and O–H groups in total. The summed E-state index contributed by atoms with van der Waals surface area (Å²) in [6.07, 6.45) is 5.22. The van der Waals surface area contributed by atoms with Crippen LogP contribution in [0.3, 0.4) is 0 Å². The number of rotatable bonds is 16. The lowest BCUT2D eigenvalue weighted by atomic mass is 10.1. The third-order valence-electron chi connectivity index (χ3n) is 4.88. The van der Waals surface area contributed by atoms with Crippen LogP contribution < -0.4 is 5.73 Å². The van der Waals surface area contributed by atoms with Crippen molar-refractivity contribution in [2.24, 2.45) is 5.73 Å². The lowest BCUT2D eigenvalue weighted by Gasteiger charge is -2.24. The van der Waals surface area contributed by atoms with Gasteiger partial charge in [0.1, 0.15) is 0 Å². The van der Waals surface area contributed by atoms with Crippen LogP contribution in [0.1, 0.15) is 64.0 Å². The normalized spacial score (nSPS) is 11.4. The summed E-state index contributed by atoms with van der Waals surface area (Å²) in [4.78, 5) is 16.7. The molecule has 0 radical (unpaired) electrons. The van der Waals surface area contributed by atoms with Crippen LogP contribution in [-0.4, -0.2) is 55.1 Å². The molecule has 0 aliphatic heterocycles. The van der Waals surface area contributed by atoms with Crippen LogP contribution in [0.2, 0.25) is 0 Å². The van der Waals surface area contributed by atoms with Crippen molar-refractivity contribution < 1.29 is 9.53 Å². The van der Waals surface area contributed by atoms with Crippen LogP contribution in [0.4, 0.5) is 0 Å². The number of ether oxygens (including phenoxy) is 1. The highest BCUT2D eigenvalue weighted by molar-refractivity contribution is 5.69. The number of hydrogen-bond acceptors (Lipinski definition) is 5. The van der Waals surface area contributed by atoms with Gasteiger partial charge >= 0.3 is 5.97 Å². The fraction of sp³-hybridized carbons (Fsp3) is 0.696. The maximum Gasteiger partial charge on any atom is 0.307 e. The highest BCUT2D eigenvalue weighted by atomic mass is 16.5. The van der Waals surface area contributed by atoms with Gasteiger partial charge in [0.25, 0.3) is 0 Å². The molecule has 0 aliphatic carbocycles. The second-order valence-corrected chi connectivity index (χ2v) is 7.40. The van der Waals surface area contributed by atoms with Crippen LogP contribution in [0, 0.1) is 0 Å². The van der Waals surface area contributed by atoms with E-state index < -0.39 is 0 Å². The average Bonchev–Trinajstić information content (AvgIpc) is 2.70. The molecule has 1 aromatic rings. The molecule has 0 saturated carbocycles. The third kappa shape index (κ3) is 10.8. The van der Waals surface area contributed by atoms with Crippen molar-refractivity contribution in [3.05, 3.63) is 35.4 Å². The molecule has 5 nitrogen and oxygen atoms in total. The van der Waals surface area contributed by atoms with Gasteiger partial charge in [0.2, 0.25) is 0 Å². The summed E-state index contributed by atoms with van der Waals surface area (Å²) in [5.41, 5.74) is 8.10. The Morgan fingerprint density at radius 3 is 1.96 bits per heavy atom. The number of nitrogens with zero attached hydrogens (tertiary/aromatic N) is 2. The fourth-order valence-corrected chi connectivity index (χ4v) is 3.43. The first kappa shape index (κ1) is 24.6. The molecule has 0 amide bonds. The van der Waals surface area contributed by atoms with Crippen LogP contribution in [0.15, 0.2) is 24.3 Å². The lowest BCUT2D eigenvalue weighted by molar-refractivity contribution is -0.143. The fourth-order valence-electron chi connectivity index (χ4n) is 3.43. The quantitative estimate of drug-likeness (QED) is 0.343. The van der Waals surface area contributed by atoms with E-state index >= 15 is 0 Å². The summed E-state index contributed by atoms with van der Waals surface area (Å²) in [5, 5.41) is 0. The van der Waals surface area contributed by atoms with Gasteiger partial charge in [0.05, 0.1) is 13.0 Å². The van der Waals surface area contributed by atoms with Crippen molar-refractivity contribution in [2.45, 2.75) is 66.0 Å². The first-order valence-electron chi connectivity index (χ1n) is 11.0. The molecule has 0 aliphatic rings. The van der Waals surface area contributed by atoms with E-state index in [0.717, 1.165) is 31.6 Å². The number of carbonyl (C=O) groups excluding carboxylic acids is 1. The van der Waals surface area contributed by atoms with Crippen molar-refractivity contribution in [1.29, 1.82) is 0 Å². The summed E-state index contributed by atoms with van der Waals surface area (Å²) in [7, 11) is 0. The van der Waals surface area contributed by atoms with E-state index in [0.29, 0.717) is 19.6 Å². The zero-order valence-electron chi connectivity index (χ0n) is 18.3. The van der Waals surface area contributed by atoms with E-state index in [-0.39, 0.29) is 5.97 Å². The van der Waals surface area contributed by atoms with Gasteiger partial charge in [-0.05, 0) is 69.9 Å². The van der Waals surface area contributed by atoms with Gasteiger partial charge in [-0.3, -0.25) is 9.69 Å². The molecule has 5 heteroatoms. The molecule has 0 bridgehead atoms. The van der Waals surface area contributed by atoms with Gasteiger partial charge in [0, 0.05) is 19.6 Å².